The fourth-order valence-electron chi connectivity index (χ4n) is 2.00. The lowest BCUT2D eigenvalue weighted by atomic mass is 10.2. The fraction of sp³-hybridized carbons (Fsp3) is 0.684. The van der Waals surface area contributed by atoms with E-state index in [-0.39, 0.29) is 11.1 Å². The predicted molar refractivity (Wildman–Crippen MR) is 101 cm³/mol. The highest BCUT2D eigenvalue weighted by Crippen LogP contribution is 2.36. The Morgan fingerprint density at radius 2 is 1.67 bits per heavy atom. The molecule has 4 nitrogen and oxygen atoms in total. The third-order valence-corrected chi connectivity index (χ3v) is 9.24. The molecule has 1 rings (SSSR count). The van der Waals surface area contributed by atoms with Crippen molar-refractivity contribution in [2.45, 2.75) is 58.0 Å². The Labute approximate surface area is 148 Å². The molecule has 5 heteroatoms. The van der Waals surface area contributed by atoms with Crippen LogP contribution in [0.4, 0.5) is 0 Å². The first-order chi connectivity index (χ1) is 11.2. The molecule has 138 valence electrons. The zero-order chi connectivity index (χ0) is 18.2. The average molecular weight is 355 g/mol. The third kappa shape index (κ3) is 6.93. The highest BCUT2D eigenvalue weighted by atomic mass is 28.4. The lowest BCUT2D eigenvalue weighted by molar-refractivity contribution is -0.0219. The van der Waals surface area contributed by atoms with E-state index in [1.165, 1.54) is 0 Å². The standard InChI is InChI=1S/C19H34O4Si/c1-19(2,3)24(6,7)23-13-12-18(15-20-4)22-14-16-8-10-17(21-5)11-9-16/h8-11,18H,12-15H2,1-7H3/t18-/m1/s1. The Bertz CT molecular complexity index is 465. The molecule has 0 radical (unpaired) electrons. The molecule has 1 aromatic carbocycles. The van der Waals surface area contributed by atoms with Crippen LogP contribution in [0.25, 0.3) is 0 Å². The summed E-state index contributed by atoms with van der Waals surface area (Å²) in [4.78, 5) is 0. The number of hydrogen-bond donors (Lipinski definition) is 0. The zero-order valence-electron chi connectivity index (χ0n) is 16.3. The first-order valence-electron chi connectivity index (χ1n) is 8.57. The van der Waals surface area contributed by atoms with Crippen LogP contribution >= 0.6 is 0 Å². The molecule has 0 bridgehead atoms. The van der Waals surface area contributed by atoms with Gasteiger partial charge in [-0.05, 0) is 42.2 Å². The summed E-state index contributed by atoms with van der Waals surface area (Å²) >= 11 is 0. The van der Waals surface area contributed by atoms with Crippen molar-refractivity contribution in [1.82, 2.24) is 0 Å². The Balaban J connectivity index is 2.46. The van der Waals surface area contributed by atoms with Crippen molar-refractivity contribution in [2.24, 2.45) is 0 Å². The minimum atomic E-state index is -1.70. The molecule has 0 aromatic heterocycles. The number of rotatable bonds is 10. The molecule has 0 fully saturated rings. The molecule has 0 saturated heterocycles. The molecule has 0 aliphatic rings. The molecule has 24 heavy (non-hydrogen) atoms. The summed E-state index contributed by atoms with van der Waals surface area (Å²) in [6.45, 7) is 13.2. The monoisotopic (exact) mass is 354 g/mol. The smallest absolute Gasteiger partial charge is 0.191 e. The predicted octanol–water partition coefficient (Wildman–Crippen LogP) is 4.64. The van der Waals surface area contributed by atoms with Gasteiger partial charge in [0, 0.05) is 13.7 Å². The zero-order valence-corrected chi connectivity index (χ0v) is 17.3. The topological polar surface area (TPSA) is 36.9 Å². The molecule has 1 aromatic rings. The molecule has 0 saturated carbocycles. The molecular formula is C19H34O4Si. The maximum Gasteiger partial charge on any atom is 0.191 e. The van der Waals surface area contributed by atoms with E-state index in [0.29, 0.717) is 19.8 Å². The lowest BCUT2D eigenvalue weighted by Gasteiger charge is -2.36. The van der Waals surface area contributed by atoms with Gasteiger partial charge >= 0.3 is 0 Å². The first-order valence-corrected chi connectivity index (χ1v) is 11.5. The van der Waals surface area contributed by atoms with Crippen LogP contribution in [0.5, 0.6) is 5.75 Å². The normalized spacial score (nSPS) is 13.8. The lowest BCUT2D eigenvalue weighted by Crippen LogP contribution is -2.41. The van der Waals surface area contributed by atoms with Gasteiger partial charge in [-0.3, -0.25) is 0 Å². The van der Waals surface area contributed by atoms with Crippen molar-refractivity contribution < 1.29 is 18.6 Å². The Morgan fingerprint density at radius 1 is 1.04 bits per heavy atom. The van der Waals surface area contributed by atoms with Crippen molar-refractivity contribution in [1.29, 1.82) is 0 Å². The van der Waals surface area contributed by atoms with Crippen molar-refractivity contribution in [3.63, 3.8) is 0 Å². The quantitative estimate of drug-likeness (QED) is 0.574. The van der Waals surface area contributed by atoms with Crippen LogP contribution in [0.2, 0.25) is 18.1 Å². The number of benzene rings is 1. The van der Waals surface area contributed by atoms with E-state index in [2.05, 4.69) is 33.9 Å². The first kappa shape index (κ1) is 21.2. The largest absolute Gasteiger partial charge is 0.497 e. The summed E-state index contributed by atoms with van der Waals surface area (Å²) in [7, 11) is 1.67. The summed E-state index contributed by atoms with van der Waals surface area (Å²) in [5, 5.41) is 0.230. The SMILES string of the molecule is COC[C@@H](CCO[Si](C)(C)C(C)(C)C)OCc1ccc(OC)cc1. The van der Waals surface area contributed by atoms with E-state index in [1.807, 2.05) is 24.3 Å². The summed E-state index contributed by atoms with van der Waals surface area (Å²) in [5.74, 6) is 0.856. The number of hydrogen-bond acceptors (Lipinski definition) is 4. The maximum atomic E-state index is 6.24. The Kier molecular flexibility index (Phi) is 8.43. The van der Waals surface area contributed by atoms with Crippen molar-refractivity contribution in [3.8, 4) is 5.75 Å². The summed E-state index contributed by atoms with van der Waals surface area (Å²) < 4.78 is 22.7. The maximum absolute atomic E-state index is 6.24. The minimum absolute atomic E-state index is 0.0434. The third-order valence-electron chi connectivity index (χ3n) is 4.71. The second kappa shape index (κ2) is 9.56. The second-order valence-corrected chi connectivity index (χ2v) is 12.4. The fourth-order valence-corrected chi connectivity index (χ4v) is 3.06. The molecule has 0 heterocycles. The van der Waals surface area contributed by atoms with Gasteiger partial charge in [0.05, 0.1) is 26.4 Å². The molecule has 1 atom stereocenters. The van der Waals surface area contributed by atoms with Crippen LogP contribution < -0.4 is 4.74 Å². The van der Waals surface area contributed by atoms with Gasteiger partial charge in [0.15, 0.2) is 8.32 Å². The van der Waals surface area contributed by atoms with Gasteiger partial charge in [-0.2, -0.15) is 0 Å². The van der Waals surface area contributed by atoms with Crippen LogP contribution in [0.15, 0.2) is 24.3 Å². The van der Waals surface area contributed by atoms with Gasteiger partial charge in [0.2, 0.25) is 0 Å². The molecule has 0 aliphatic heterocycles. The van der Waals surface area contributed by atoms with E-state index in [1.54, 1.807) is 14.2 Å². The molecule has 0 spiro atoms. The highest BCUT2D eigenvalue weighted by Gasteiger charge is 2.37. The Hall–Kier alpha value is -0.883. The van der Waals surface area contributed by atoms with E-state index in [4.69, 9.17) is 18.6 Å². The van der Waals surface area contributed by atoms with Crippen molar-refractivity contribution >= 4 is 8.32 Å². The number of ether oxygens (including phenoxy) is 3. The van der Waals surface area contributed by atoms with Crippen LogP contribution in [0, 0.1) is 0 Å². The van der Waals surface area contributed by atoms with Gasteiger partial charge in [-0.25, -0.2) is 0 Å². The molecule has 0 aliphatic carbocycles. The molecular weight excluding hydrogens is 320 g/mol. The minimum Gasteiger partial charge on any atom is -0.497 e. The molecule has 0 N–H and O–H groups in total. The van der Waals surface area contributed by atoms with E-state index in [9.17, 15) is 0 Å². The van der Waals surface area contributed by atoms with Gasteiger partial charge in [-0.15, -0.1) is 0 Å². The van der Waals surface area contributed by atoms with E-state index < -0.39 is 8.32 Å². The second-order valence-electron chi connectivity index (χ2n) is 7.63. The summed E-state index contributed by atoms with van der Waals surface area (Å²) in [6, 6.07) is 7.94. The van der Waals surface area contributed by atoms with Crippen LogP contribution in [-0.2, 0) is 20.5 Å². The molecule has 0 unspecified atom stereocenters. The van der Waals surface area contributed by atoms with E-state index >= 15 is 0 Å². The van der Waals surface area contributed by atoms with Crippen LogP contribution in [0.1, 0.15) is 32.8 Å². The van der Waals surface area contributed by atoms with Crippen LogP contribution in [0.3, 0.4) is 0 Å². The van der Waals surface area contributed by atoms with E-state index in [0.717, 1.165) is 17.7 Å². The van der Waals surface area contributed by atoms with Crippen LogP contribution in [-0.4, -0.2) is 41.9 Å². The summed E-state index contributed by atoms with van der Waals surface area (Å²) in [6.07, 6.45) is 0.887. The van der Waals surface area contributed by atoms with Gasteiger partial charge in [0.25, 0.3) is 0 Å². The van der Waals surface area contributed by atoms with Gasteiger partial charge < -0.3 is 18.6 Å². The average Bonchev–Trinajstić information content (AvgIpc) is 2.52. The molecule has 0 amide bonds. The highest BCUT2D eigenvalue weighted by molar-refractivity contribution is 6.74. The van der Waals surface area contributed by atoms with Crippen molar-refractivity contribution in [2.75, 3.05) is 27.4 Å². The Morgan fingerprint density at radius 3 is 2.17 bits per heavy atom. The van der Waals surface area contributed by atoms with Gasteiger partial charge in [0.1, 0.15) is 5.75 Å². The summed E-state index contributed by atoms with van der Waals surface area (Å²) in [5.41, 5.74) is 1.13. The number of methoxy groups -OCH3 is 2. The van der Waals surface area contributed by atoms with Crippen molar-refractivity contribution in [3.05, 3.63) is 29.8 Å². The van der Waals surface area contributed by atoms with Gasteiger partial charge in [-0.1, -0.05) is 32.9 Å².